The molecule has 2 N–H and O–H groups in total. The van der Waals surface area contributed by atoms with Crippen LogP contribution in [0, 0.1) is 18.6 Å². The molecule has 1 amide bonds. The van der Waals surface area contributed by atoms with Crippen molar-refractivity contribution in [3.8, 4) is 0 Å². The van der Waals surface area contributed by atoms with Crippen molar-refractivity contribution < 1.29 is 13.6 Å². The fourth-order valence-corrected chi connectivity index (χ4v) is 2.54. The van der Waals surface area contributed by atoms with Crippen LogP contribution in [0.15, 0.2) is 54.6 Å². The maximum Gasteiger partial charge on any atom is 0.270 e. The molecule has 0 saturated heterocycles. The molecule has 1 unspecified atom stereocenters. The molecule has 0 aliphatic rings. The molecule has 3 aromatic rings. The normalized spacial score (nSPS) is 11.7. The molecule has 1 heterocycles. The van der Waals surface area contributed by atoms with Crippen molar-refractivity contribution in [2.24, 2.45) is 0 Å². The molecule has 0 aliphatic carbocycles. The lowest BCUT2D eigenvalue weighted by molar-refractivity contribution is 0.0934. The average molecular weight is 368 g/mol. The number of hydrogen-bond acceptors (Lipinski definition) is 4. The second-order valence-corrected chi connectivity index (χ2v) is 6.08. The Bertz CT molecular complexity index is 963. The smallest absolute Gasteiger partial charge is 0.270 e. The van der Waals surface area contributed by atoms with Crippen LogP contribution in [0.1, 0.15) is 34.7 Å². The Morgan fingerprint density at radius 2 is 1.74 bits per heavy atom. The van der Waals surface area contributed by atoms with Gasteiger partial charge in [-0.2, -0.15) is 0 Å². The molecular formula is C20H18F2N4O. The van der Waals surface area contributed by atoms with Crippen LogP contribution in [-0.2, 0) is 0 Å². The van der Waals surface area contributed by atoms with Crippen LogP contribution in [0.3, 0.4) is 0 Å². The second kappa shape index (κ2) is 7.90. The first-order valence-electron chi connectivity index (χ1n) is 8.36. The molecule has 0 aliphatic heterocycles. The van der Waals surface area contributed by atoms with Crippen LogP contribution in [0.25, 0.3) is 0 Å². The van der Waals surface area contributed by atoms with Crippen molar-refractivity contribution in [2.75, 3.05) is 5.32 Å². The van der Waals surface area contributed by atoms with Gasteiger partial charge in [-0.05, 0) is 37.6 Å². The van der Waals surface area contributed by atoms with E-state index in [9.17, 15) is 13.6 Å². The minimum atomic E-state index is -0.984. The van der Waals surface area contributed by atoms with Gasteiger partial charge in [-0.1, -0.05) is 30.3 Å². The summed E-state index contributed by atoms with van der Waals surface area (Å²) in [6.07, 6.45) is 0. The molecule has 3 rings (SSSR count). The molecule has 1 atom stereocenters. The van der Waals surface area contributed by atoms with Crippen molar-refractivity contribution in [3.63, 3.8) is 0 Å². The highest BCUT2D eigenvalue weighted by atomic mass is 19.2. The van der Waals surface area contributed by atoms with E-state index in [2.05, 4.69) is 20.6 Å². The third-order valence-corrected chi connectivity index (χ3v) is 3.91. The van der Waals surface area contributed by atoms with Gasteiger partial charge in [0.2, 0.25) is 5.95 Å². The van der Waals surface area contributed by atoms with Gasteiger partial charge in [-0.3, -0.25) is 4.79 Å². The Morgan fingerprint density at radius 1 is 1.00 bits per heavy atom. The molecule has 0 bridgehead atoms. The van der Waals surface area contributed by atoms with Crippen LogP contribution in [-0.4, -0.2) is 15.9 Å². The van der Waals surface area contributed by atoms with E-state index in [1.807, 2.05) is 37.3 Å². The fraction of sp³-hybridized carbons (Fsp3) is 0.150. The Labute approximate surface area is 155 Å². The van der Waals surface area contributed by atoms with E-state index < -0.39 is 11.6 Å². The van der Waals surface area contributed by atoms with Crippen LogP contribution in [0.5, 0.6) is 0 Å². The van der Waals surface area contributed by atoms with Crippen molar-refractivity contribution in [1.29, 1.82) is 0 Å². The van der Waals surface area contributed by atoms with Gasteiger partial charge in [0, 0.05) is 17.4 Å². The largest absolute Gasteiger partial charge is 0.344 e. The van der Waals surface area contributed by atoms with E-state index in [0.29, 0.717) is 5.69 Å². The van der Waals surface area contributed by atoms with Gasteiger partial charge >= 0.3 is 0 Å². The summed E-state index contributed by atoms with van der Waals surface area (Å²) in [6.45, 7) is 3.59. The number of carbonyl (C=O) groups is 1. The topological polar surface area (TPSA) is 66.9 Å². The fourth-order valence-electron chi connectivity index (χ4n) is 2.54. The number of carbonyl (C=O) groups excluding carboxylic acids is 1. The minimum Gasteiger partial charge on any atom is -0.344 e. The van der Waals surface area contributed by atoms with Crippen LogP contribution in [0.4, 0.5) is 20.4 Å². The number of anilines is 2. The lowest BCUT2D eigenvalue weighted by atomic mass is 10.1. The zero-order valence-electron chi connectivity index (χ0n) is 14.8. The molecule has 0 radical (unpaired) electrons. The molecule has 0 spiro atoms. The van der Waals surface area contributed by atoms with Crippen LogP contribution in [0.2, 0.25) is 0 Å². The summed E-state index contributed by atoms with van der Waals surface area (Å²) in [5.41, 5.74) is 1.99. The summed E-state index contributed by atoms with van der Waals surface area (Å²) in [6, 6.07) is 14.3. The summed E-state index contributed by atoms with van der Waals surface area (Å²) >= 11 is 0. The van der Waals surface area contributed by atoms with Crippen molar-refractivity contribution in [1.82, 2.24) is 15.3 Å². The summed E-state index contributed by atoms with van der Waals surface area (Å²) < 4.78 is 26.4. The maximum absolute atomic E-state index is 13.4. The molecule has 2 aromatic carbocycles. The van der Waals surface area contributed by atoms with E-state index in [-0.39, 0.29) is 29.3 Å². The van der Waals surface area contributed by atoms with Gasteiger partial charge < -0.3 is 10.6 Å². The number of nitrogens with zero attached hydrogens (tertiary/aromatic N) is 2. The SMILES string of the molecule is Cc1cc(C(=O)NC(C)c2ccccc2)nc(Nc2ccc(F)c(F)c2)n1. The lowest BCUT2D eigenvalue weighted by Crippen LogP contribution is -2.27. The van der Waals surface area contributed by atoms with Gasteiger partial charge in [0.15, 0.2) is 11.6 Å². The van der Waals surface area contributed by atoms with Gasteiger partial charge in [-0.25, -0.2) is 18.7 Å². The zero-order chi connectivity index (χ0) is 19.4. The van der Waals surface area contributed by atoms with Gasteiger partial charge in [0.05, 0.1) is 6.04 Å². The summed E-state index contributed by atoms with van der Waals surface area (Å²) in [5, 5.41) is 5.66. The van der Waals surface area contributed by atoms with E-state index in [4.69, 9.17) is 0 Å². The molecule has 138 valence electrons. The number of aryl methyl sites for hydroxylation is 1. The highest BCUT2D eigenvalue weighted by Gasteiger charge is 2.15. The third-order valence-electron chi connectivity index (χ3n) is 3.91. The van der Waals surface area contributed by atoms with Crippen molar-refractivity contribution >= 4 is 17.5 Å². The Balaban J connectivity index is 1.78. The maximum atomic E-state index is 13.4. The van der Waals surface area contributed by atoms with E-state index in [0.717, 1.165) is 17.7 Å². The Morgan fingerprint density at radius 3 is 2.44 bits per heavy atom. The Hall–Kier alpha value is -3.35. The first-order valence-corrected chi connectivity index (χ1v) is 8.36. The standard InChI is InChI=1S/C20H18F2N4O/c1-12-10-18(19(27)24-13(2)14-6-4-3-5-7-14)26-20(23-12)25-15-8-9-16(21)17(22)11-15/h3-11,13H,1-2H3,(H,24,27)(H,23,25,26). The number of rotatable bonds is 5. The number of hydrogen-bond donors (Lipinski definition) is 2. The third kappa shape index (κ3) is 4.63. The molecule has 1 aromatic heterocycles. The second-order valence-electron chi connectivity index (χ2n) is 6.08. The van der Waals surface area contributed by atoms with Crippen molar-refractivity contribution in [3.05, 3.63) is 83.2 Å². The summed E-state index contributed by atoms with van der Waals surface area (Å²) in [7, 11) is 0. The number of aromatic nitrogens is 2. The summed E-state index contributed by atoms with van der Waals surface area (Å²) in [4.78, 5) is 20.9. The number of nitrogens with one attached hydrogen (secondary N) is 2. The molecule has 7 heteroatoms. The molecule has 27 heavy (non-hydrogen) atoms. The van der Waals surface area contributed by atoms with Crippen LogP contribution < -0.4 is 10.6 Å². The average Bonchev–Trinajstić information content (AvgIpc) is 2.65. The van der Waals surface area contributed by atoms with E-state index in [1.165, 1.54) is 6.07 Å². The number of amides is 1. The predicted molar refractivity (Wildman–Crippen MR) is 98.7 cm³/mol. The lowest BCUT2D eigenvalue weighted by Gasteiger charge is -2.14. The van der Waals surface area contributed by atoms with Crippen molar-refractivity contribution in [2.45, 2.75) is 19.9 Å². The molecule has 5 nitrogen and oxygen atoms in total. The molecule has 0 fully saturated rings. The first-order chi connectivity index (χ1) is 12.9. The predicted octanol–water partition coefficient (Wildman–Crippen LogP) is 4.30. The molecular weight excluding hydrogens is 350 g/mol. The van der Waals surface area contributed by atoms with E-state index in [1.54, 1.807) is 13.0 Å². The minimum absolute atomic E-state index is 0.124. The van der Waals surface area contributed by atoms with Crippen LogP contribution >= 0.6 is 0 Å². The highest BCUT2D eigenvalue weighted by molar-refractivity contribution is 5.93. The van der Waals surface area contributed by atoms with Gasteiger partial charge in [-0.15, -0.1) is 0 Å². The first kappa shape index (κ1) is 18.4. The van der Waals surface area contributed by atoms with Gasteiger partial charge in [0.25, 0.3) is 5.91 Å². The zero-order valence-corrected chi connectivity index (χ0v) is 14.8. The summed E-state index contributed by atoms with van der Waals surface area (Å²) in [5.74, 6) is -2.16. The number of benzene rings is 2. The quantitative estimate of drug-likeness (QED) is 0.705. The highest BCUT2D eigenvalue weighted by Crippen LogP contribution is 2.18. The monoisotopic (exact) mass is 368 g/mol. The number of halogens is 2. The molecule has 0 saturated carbocycles. The van der Waals surface area contributed by atoms with Gasteiger partial charge in [0.1, 0.15) is 5.69 Å². The van der Waals surface area contributed by atoms with E-state index >= 15 is 0 Å². The Kier molecular flexibility index (Phi) is 5.40.